The number of hydrogen-bond donors (Lipinski definition) is 2. The third-order valence-electron chi connectivity index (χ3n) is 2.69. The van der Waals surface area contributed by atoms with Crippen LogP contribution < -0.4 is 10.1 Å². The van der Waals surface area contributed by atoms with Crippen LogP contribution >= 0.6 is 15.9 Å². The van der Waals surface area contributed by atoms with Crippen LogP contribution in [0.5, 0.6) is 5.75 Å². The first-order valence-electron chi connectivity index (χ1n) is 5.75. The molecule has 0 radical (unpaired) electrons. The zero-order valence-corrected chi connectivity index (χ0v) is 12.2. The maximum absolute atomic E-state index is 12.1. The first-order valence-corrected chi connectivity index (χ1v) is 6.55. The summed E-state index contributed by atoms with van der Waals surface area (Å²) in [6.45, 7) is 1.87. The minimum atomic E-state index is -0.177. The SMILES string of the molecule is COc1ccc(C(=O)NC(C)c2ncc[nH]2)cc1Br. The molecule has 2 aromatic rings. The molecule has 19 heavy (non-hydrogen) atoms. The zero-order valence-electron chi connectivity index (χ0n) is 10.6. The Bertz CT molecular complexity index is 569. The number of carbonyl (C=O) groups excluding carboxylic acids is 1. The number of amides is 1. The first-order chi connectivity index (χ1) is 9.11. The van der Waals surface area contributed by atoms with E-state index < -0.39 is 0 Å². The lowest BCUT2D eigenvalue weighted by Gasteiger charge is -2.12. The first kappa shape index (κ1) is 13.6. The summed E-state index contributed by atoms with van der Waals surface area (Å²) in [6, 6.07) is 5.01. The molecule has 1 aromatic heterocycles. The number of methoxy groups -OCH3 is 1. The van der Waals surface area contributed by atoms with Crippen molar-refractivity contribution in [2.75, 3.05) is 7.11 Å². The second-order valence-corrected chi connectivity index (χ2v) is 4.87. The number of aromatic amines is 1. The number of carbonyl (C=O) groups is 1. The maximum atomic E-state index is 12.1. The number of ether oxygens (including phenoxy) is 1. The Morgan fingerprint density at radius 1 is 1.53 bits per heavy atom. The lowest BCUT2D eigenvalue weighted by Crippen LogP contribution is -2.27. The number of aromatic nitrogens is 2. The van der Waals surface area contributed by atoms with E-state index in [-0.39, 0.29) is 11.9 Å². The predicted octanol–water partition coefficient (Wildman–Crippen LogP) is 2.67. The smallest absolute Gasteiger partial charge is 0.251 e. The van der Waals surface area contributed by atoms with E-state index in [0.717, 1.165) is 10.3 Å². The molecular formula is C13H14BrN3O2. The summed E-state index contributed by atoms with van der Waals surface area (Å²) in [5, 5.41) is 2.87. The number of H-pyrrole nitrogens is 1. The highest BCUT2D eigenvalue weighted by atomic mass is 79.9. The van der Waals surface area contributed by atoms with Crippen molar-refractivity contribution in [1.29, 1.82) is 0 Å². The lowest BCUT2D eigenvalue weighted by atomic mass is 10.2. The van der Waals surface area contributed by atoms with E-state index in [0.29, 0.717) is 11.3 Å². The summed E-state index contributed by atoms with van der Waals surface area (Å²) < 4.78 is 5.87. The fraction of sp³-hybridized carbons (Fsp3) is 0.231. The molecular weight excluding hydrogens is 310 g/mol. The van der Waals surface area contributed by atoms with Crippen LogP contribution in [0.3, 0.4) is 0 Å². The molecule has 0 aliphatic carbocycles. The second kappa shape index (κ2) is 5.88. The van der Waals surface area contributed by atoms with Crippen molar-refractivity contribution in [1.82, 2.24) is 15.3 Å². The molecule has 0 saturated heterocycles. The van der Waals surface area contributed by atoms with Crippen molar-refractivity contribution in [3.05, 3.63) is 46.5 Å². The van der Waals surface area contributed by atoms with Crippen LogP contribution in [0.25, 0.3) is 0 Å². The van der Waals surface area contributed by atoms with Gasteiger partial charge in [0.25, 0.3) is 5.91 Å². The third-order valence-corrected chi connectivity index (χ3v) is 3.31. The van der Waals surface area contributed by atoms with Crippen LogP contribution in [0.2, 0.25) is 0 Å². The van der Waals surface area contributed by atoms with E-state index in [1.165, 1.54) is 0 Å². The van der Waals surface area contributed by atoms with Crippen molar-refractivity contribution in [3.8, 4) is 5.75 Å². The molecule has 0 bridgehead atoms. The fourth-order valence-electron chi connectivity index (χ4n) is 1.67. The Hall–Kier alpha value is -1.82. The normalized spacial score (nSPS) is 11.9. The van der Waals surface area contributed by atoms with Gasteiger partial charge in [-0.3, -0.25) is 4.79 Å². The van der Waals surface area contributed by atoms with E-state index in [9.17, 15) is 4.79 Å². The monoisotopic (exact) mass is 323 g/mol. The van der Waals surface area contributed by atoms with Gasteiger partial charge >= 0.3 is 0 Å². The molecule has 2 rings (SSSR count). The van der Waals surface area contributed by atoms with Crippen LogP contribution in [0, 0.1) is 0 Å². The number of rotatable bonds is 4. The van der Waals surface area contributed by atoms with Crippen LogP contribution in [-0.4, -0.2) is 23.0 Å². The van der Waals surface area contributed by atoms with Gasteiger partial charge in [0, 0.05) is 18.0 Å². The number of benzene rings is 1. The van der Waals surface area contributed by atoms with Gasteiger partial charge in [-0.25, -0.2) is 4.98 Å². The molecule has 2 N–H and O–H groups in total. The number of imidazole rings is 1. The molecule has 6 heteroatoms. The number of nitrogens with zero attached hydrogens (tertiary/aromatic N) is 1. The van der Waals surface area contributed by atoms with E-state index in [1.807, 2.05) is 6.92 Å². The molecule has 100 valence electrons. The average molecular weight is 324 g/mol. The number of halogens is 1. The van der Waals surface area contributed by atoms with E-state index in [1.54, 1.807) is 37.7 Å². The van der Waals surface area contributed by atoms with Gasteiger partial charge in [-0.1, -0.05) is 0 Å². The molecule has 1 heterocycles. The quantitative estimate of drug-likeness (QED) is 0.909. The second-order valence-electron chi connectivity index (χ2n) is 4.02. The van der Waals surface area contributed by atoms with Gasteiger partial charge in [0.15, 0.2) is 0 Å². The predicted molar refractivity (Wildman–Crippen MR) is 75.2 cm³/mol. The van der Waals surface area contributed by atoms with Gasteiger partial charge in [-0.15, -0.1) is 0 Å². The van der Waals surface area contributed by atoms with Crippen molar-refractivity contribution in [2.24, 2.45) is 0 Å². The lowest BCUT2D eigenvalue weighted by molar-refractivity contribution is 0.0938. The number of nitrogens with one attached hydrogen (secondary N) is 2. The Morgan fingerprint density at radius 3 is 2.89 bits per heavy atom. The zero-order chi connectivity index (χ0) is 13.8. The Balaban J connectivity index is 2.10. The fourth-order valence-corrected chi connectivity index (χ4v) is 2.21. The third kappa shape index (κ3) is 3.14. The van der Waals surface area contributed by atoms with E-state index in [2.05, 4.69) is 31.2 Å². The van der Waals surface area contributed by atoms with Crippen LogP contribution in [0.1, 0.15) is 29.1 Å². The summed E-state index contributed by atoms with van der Waals surface area (Å²) in [6.07, 6.45) is 3.38. The Labute approximate surface area is 119 Å². The topological polar surface area (TPSA) is 67.0 Å². The highest BCUT2D eigenvalue weighted by molar-refractivity contribution is 9.10. The minimum absolute atomic E-state index is 0.160. The highest BCUT2D eigenvalue weighted by Gasteiger charge is 2.14. The van der Waals surface area contributed by atoms with Gasteiger partial charge in [-0.2, -0.15) is 0 Å². The molecule has 1 unspecified atom stereocenters. The van der Waals surface area contributed by atoms with Crippen molar-refractivity contribution >= 4 is 21.8 Å². The van der Waals surface area contributed by atoms with Crippen LogP contribution in [0.4, 0.5) is 0 Å². The molecule has 1 atom stereocenters. The average Bonchev–Trinajstić information content (AvgIpc) is 2.92. The van der Waals surface area contributed by atoms with Crippen LogP contribution in [-0.2, 0) is 0 Å². The molecule has 0 saturated carbocycles. The largest absolute Gasteiger partial charge is 0.496 e. The van der Waals surface area contributed by atoms with Gasteiger partial charge in [0.2, 0.25) is 0 Å². The molecule has 0 fully saturated rings. The molecule has 0 spiro atoms. The molecule has 0 aliphatic rings. The summed E-state index contributed by atoms with van der Waals surface area (Å²) in [5.41, 5.74) is 0.561. The van der Waals surface area contributed by atoms with Crippen molar-refractivity contribution < 1.29 is 9.53 Å². The molecule has 0 aliphatic heterocycles. The van der Waals surface area contributed by atoms with Crippen LogP contribution in [0.15, 0.2) is 35.1 Å². The van der Waals surface area contributed by atoms with Gasteiger partial charge < -0.3 is 15.0 Å². The van der Waals surface area contributed by atoms with E-state index in [4.69, 9.17) is 4.74 Å². The van der Waals surface area contributed by atoms with Gasteiger partial charge in [0.05, 0.1) is 17.6 Å². The summed E-state index contributed by atoms with van der Waals surface area (Å²) >= 11 is 3.36. The summed E-state index contributed by atoms with van der Waals surface area (Å²) in [5.74, 6) is 1.25. The summed E-state index contributed by atoms with van der Waals surface area (Å²) in [4.78, 5) is 19.2. The Kier molecular flexibility index (Phi) is 4.21. The number of hydrogen-bond acceptors (Lipinski definition) is 3. The minimum Gasteiger partial charge on any atom is -0.496 e. The van der Waals surface area contributed by atoms with Crippen molar-refractivity contribution in [3.63, 3.8) is 0 Å². The van der Waals surface area contributed by atoms with Gasteiger partial charge in [0.1, 0.15) is 11.6 Å². The highest BCUT2D eigenvalue weighted by Crippen LogP contribution is 2.25. The Morgan fingerprint density at radius 2 is 2.32 bits per heavy atom. The summed E-state index contributed by atoms with van der Waals surface area (Å²) in [7, 11) is 1.58. The molecule has 1 aromatic carbocycles. The molecule has 1 amide bonds. The van der Waals surface area contributed by atoms with Gasteiger partial charge in [-0.05, 0) is 41.1 Å². The molecule has 5 nitrogen and oxygen atoms in total. The van der Waals surface area contributed by atoms with Crippen molar-refractivity contribution in [2.45, 2.75) is 13.0 Å². The van der Waals surface area contributed by atoms with E-state index >= 15 is 0 Å². The maximum Gasteiger partial charge on any atom is 0.251 e. The standard InChI is InChI=1S/C13H14BrN3O2/c1-8(12-15-5-6-16-12)17-13(18)9-3-4-11(19-2)10(14)7-9/h3-8H,1-2H3,(H,15,16)(H,17,18).